The number of hydrogen-bond acceptors (Lipinski definition) is 5. The number of nitrogens with one attached hydrogen (secondary N) is 2. The fourth-order valence-electron chi connectivity index (χ4n) is 1.37. The molecule has 0 fully saturated rings. The molecule has 0 saturated carbocycles. The summed E-state index contributed by atoms with van der Waals surface area (Å²) in [6, 6.07) is 7.78. The fraction of sp³-hybridized carbons (Fsp3) is 0.0909. The molecule has 2 aromatic rings. The first-order chi connectivity index (χ1) is 8.17. The second-order valence-corrected chi connectivity index (χ2v) is 3.38. The second kappa shape index (κ2) is 4.65. The van der Waals surface area contributed by atoms with E-state index < -0.39 is 0 Å². The molecule has 1 heterocycles. The van der Waals surface area contributed by atoms with E-state index in [1.165, 1.54) is 12.1 Å². The number of aromatic nitrogens is 2. The summed E-state index contributed by atoms with van der Waals surface area (Å²) in [4.78, 5) is 7.95. The second-order valence-electron chi connectivity index (χ2n) is 3.38. The Morgan fingerprint density at radius 1 is 1.18 bits per heavy atom. The SMILES string of the molecule is CNc1cc(Nc2cccc(F)c2)nc(N)n1. The van der Waals surface area contributed by atoms with E-state index in [-0.39, 0.29) is 11.8 Å². The molecule has 1 aromatic heterocycles. The molecule has 5 nitrogen and oxygen atoms in total. The van der Waals surface area contributed by atoms with Gasteiger partial charge in [-0.05, 0) is 18.2 Å². The number of hydrogen-bond donors (Lipinski definition) is 3. The van der Waals surface area contributed by atoms with E-state index in [2.05, 4.69) is 20.6 Å². The van der Waals surface area contributed by atoms with E-state index >= 15 is 0 Å². The van der Waals surface area contributed by atoms with Crippen LogP contribution in [0.1, 0.15) is 0 Å². The van der Waals surface area contributed by atoms with Crippen molar-refractivity contribution in [3.8, 4) is 0 Å². The molecule has 0 aliphatic heterocycles. The molecule has 88 valence electrons. The third-order valence-electron chi connectivity index (χ3n) is 2.10. The number of anilines is 4. The van der Waals surface area contributed by atoms with E-state index in [9.17, 15) is 4.39 Å². The lowest BCUT2D eigenvalue weighted by molar-refractivity contribution is 0.628. The fourth-order valence-corrected chi connectivity index (χ4v) is 1.37. The molecule has 0 amide bonds. The van der Waals surface area contributed by atoms with Gasteiger partial charge >= 0.3 is 0 Å². The number of nitrogens with two attached hydrogens (primary N) is 1. The van der Waals surface area contributed by atoms with Crippen molar-refractivity contribution in [1.29, 1.82) is 0 Å². The van der Waals surface area contributed by atoms with Crippen LogP contribution >= 0.6 is 0 Å². The maximum atomic E-state index is 13.0. The van der Waals surface area contributed by atoms with Crippen LogP contribution in [0.25, 0.3) is 0 Å². The number of nitrogens with zero attached hydrogens (tertiary/aromatic N) is 2. The van der Waals surface area contributed by atoms with Gasteiger partial charge in [-0.1, -0.05) is 6.07 Å². The maximum absolute atomic E-state index is 13.0. The summed E-state index contributed by atoms with van der Waals surface area (Å²) >= 11 is 0. The van der Waals surface area contributed by atoms with Crippen LogP contribution in [-0.4, -0.2) is 17.0 Å². The van der Waals surface area contributed by atoms with Gasteiger partial charge in [0.1, 0.15) is 17.5 Å². The van der Waals surface area contributed by atoms with Crippen molar-refractivity contribution < 1.29 is 4.39 Å². The largest absolute Gasteiger partial charge is 0.373 e. The lowest BCUT2D eigenvalue weighted by Crippen LogP contribution is -2.03. The average molecular weight is 233 g/mol. The van der Waals surface area contributed by atoms with Gasteiger partial charge in [-0.15, -0.1) is 0 Å². The van der Waals surface area contributed by atoms with Crippen LogP contribution < -0.4 is 16.4 Å². The average Bonchev–Trinajstić information content (AvgIpc) is 2.28. The van der Waals surface area contributed by atoms with E-state index in [4.69, 9.17) is 5.73 Å². The minimum Gasteiger partial charge on any atom is -0.373 e. The zero-order valence-corrected chi connectivity index (χ0v) is 9.24. The predicted octanol–water partition coefficient (Wildman–Crippen LogP) is 1.98. The smallest absolute Gasteiger partial charge is 0.223 e. The van der Waals surface area contributed by atoms with Gasteiger partial charge < -0.3 is 16.4 Å². The molecule has 0 spiro atoms. The van der Waals surface area contributed by atoms with Crippen LogP contribution in [0.4, 0.5) is 27.7 Å². The summed E-state index contributed by atoms with van der Waals surface area (Å²) in [6.45, 7) is 0. The molecule has 0 unspecified atom stereocenters. The van der Waals surface area contributed by atoms with Gasteiger partial charge in [0.15, 0.2) is 0 Å². The van der Waals surface area contributed by atoms with Crippen LogP contribution in [0, 0.1) is 5.82 Å². The quantitative estimate of drug-likeness (QED) is 0.755. The Kier molecular flexibility index (Phi) is 3.04. The molecule has 0 aliphatic rings. The van der Waals surface area contributed by atoms with Crippen LogP contribution in [0.3, 0.4) is 0 Å². The van der Waals surface area contributed by atoms with E-state index in [0.717, 1.165) is 0 Å². The Hall–Kier alpha value is -2.37. The molecule has 0 aliphatic carbocycles. The van der Waals surface area contributed by atoms with Crippen LogP contribution in [0.2, 0.25) is 0 Å². The summed E-state index contributed by atoms with van der Waals surface area (Å²) in [5, 5.41) is 5.81. The van der Waals surface area contributed by atoms with Gasteiger partial charge in [0.05, 0.1) is 0 Å². The third-order valence-corrected chi connectivity index (χ3v) is 2.10. The molecule has 0 radical (unpaired) electrons. The topological polar surface area (TPSA) is 75.9 Å². The zero-order chi connectivity index (χ0) is 12.3. The van der Waals surface area contributed by atoms with Crippen molar-refractivity contribution in [3.05, 3.63) is 36.1 Å². The maximum Gasteiger partial charge on any atom is 0.223 e. The first-order valence-corrected chi connectivity index (χ1v) is 5.02. The molecule has 0 atom stereocenters. The standard InChI is InChI=1S/C11H12FN5/c1-14-9-6-10(17-11(13)16-9)15-8-4-2-3-7(12)5-8/h2-6H,1H3,(H4,13,14,15,16,17). The van der Waals surface area contributed by atoms with Gasteiger partial charge in [0.25, 0.3) is 0 Å². The highest BCUT2D eigenvalue weighted by atomic mass is 19.1. The Morgan fingerprint density at radius 2 is 1.94 bits per heavy atom. The summed E-state index contributed by atoms with van der Waals surface area (Å²) in [7, 11) is 1.73. The Morgan fingerprint density at radius 3 is 2.65 bits per heavy atom. The van der Waals surface area contributed by atoms with Crippen molar-refractivity contribution in [2.24, 2.45) is 0 Å². The number of halogens is 1. The van der Waals surface area contributed by atoms with Gasteiger partial charge in [-0.3, -0.25) is 0 Å². The number of rotatable bonds is 3. The van der Waals surface area contributed by atoms with Crippen molar-refractivity contribution >= 4 is 23.3 Å². The number of nitrogen functional groups attached to an aromatic ring is 1. The minimum atomic E-state index is -0.314. The first kappa shape index (κ1) is 11.1. The minimum absolute atomic E-state index is 0.149. The zero-order valence-electron chi connectivity index (χ0n) is 9.24. The molecule has 6 heteroatoms. The van der Waals surface area contributed by atoms with Gasteiger partial charge in [0, 0.05) is 18.8 Å². The van der Waals surface area contributed by atoms with E-state index in [0.29, 0.717) is 17.3 Å². The highest BCUT2D eigenvalue weighted by Gasteiger charge is 2.02. The summed E-state index contributed by atoms with van der Waals surface area (Å²) in [6.07, 6.45) is 0. The molecule has 1 aromatic carbocycles. The van der Waals surface area contributed by atoms with Gasteiger partial charge in [-0.2, -0.15) is 9.97 Å². The molecule has 0 bridgehead atoms. The third kappa shape index (κ3) is 2.81. The number of benzene rings is 1. The molecule has 4 N–H and O–H groups in total. The molecule has 0 saturated heterocycles. The van der Waals surface area contributed by atoms with E-state index in [1.807, 2.05) is 0 Å². The van der Waals surface area contributed by atoms with Gasteiger partial charge in [-0.25, -0.2) is 4.39 Å². The summed E-state index contributed by atoms with van der Waals surface area (Å²) in [5.41, 5.74) is 6.14. The first-order valence-electron chi connectivity index (χ1n) is 5.02. The molecule has 17 heavy (non-hydrogen) atoms. The highest BCUT2D eigenvalue weighted by molar-refractivity contribution is 5.60. The Bertz CT molecular complexity index is 529. The van der Waals surface area contributed by atoms with Crippen molar-refractivity contribution in [3.63, 3.8) is 0 Å². The monoisotopic (exact) mass is 233 g/mol. The van der Waals surface area contributed by atoms with Crippen molar-refractivity contribution in [2.45, 2.75) is 0 Å². The molecular weight excluding hydrogens is 221 g/mol. The van der Waals surface area contributed by atoms with Crippen LogP contribution in [0.15, 0.2) is 30.3 Å². The van der Waals surface area contributed by atoms with Gasteiger partial charge in [0.2, 0.25) is 5.95 Å². The lowest BCUT2D eigenvalue weighted by Gasteiger charge is -2.07. The van der Waals surface area contributed by atoms with Crippen LogP contribution in [-0.2, 0) is 0 Å². The predicted molar refractivity (Wildman–Crippen MR) is 65.7 cm³/mol. The molecular formula is C11H12FN5. The molecule has 2 rings (SSSR count). The Labute approximate surface area is 97.9 Å². The van der Waals surface area contributed by atoms with Crippen LogP contribution in [0.5, 0.6) is 0 Å². The normalized spacial score (nSPS) is 10.0. The summed E-state index contributed by atoms with van der Waals surface area (Å²) in [5.74, 6) is 0.936. The summed E-state index contributed by atoms with van der Waals surface area (Å²) < 4.78 is 13.0. The lowest BCUT2D eigenvalue weighted by atomic mass is 10.3. The Balaban J connectivity index is 2.26. The highest BCUT2D eigenvalue weighted by Crippen LogP contribution is 2.18. The van der Waals surface area contributed by atoms with Crippen molar-refractivity contribution in [1.82, 2.24) is 9.97 Å². The van der Waals surface area contributed by atoms with E-state index in [1.54, 1.807) is 25.2 Å². The van der Waals surface area contributed by atoms with Crippen molar-refractivity contribution in [2.75, 3.05) is 23.4 Å².